The van der Waals surface area contributed by atoms with Crippen LogP contribution >= 0.6 is 0 Å². The number of carbonyl (C=O) groups is 1. The molecule has 138 valence electrons. The van der Waals surface area contributed by atoms with E-state index in [4.69, 9.17) is 9.47 Å². The van der Waals surface area contributed by atoms with E-state index >= 15 is 0 Å². The molecule has 2 aliphatic heterocycles. The monoisotopic (exact) mass is 362 g/mol. The number of amides is 1. The summed E-state index contributed by atoms with van der Waals surface area (Å²) in [5.41, 5.74) is 4.49. The number of nitrogens with zero attached hydrogens (tertiary/aromatic N) is 1. The third-order valence-electron chi connectivity index (χ3n) is 4.73. The molecule has 0 atom stereocenters. The fraction of sp³-hybridized carbons (Fsp3) is 0.227. The molecule has 4 rings (SSSR count). The molecule has 5 heteroatoms. The summed E-state index contributed by atoms with van der Waals surface area (Å²) in [5.74, 6) is 0.617. The highest BCUT2D eigenvalue weighted by Crippen LogP contribution is 2.37. The number of ether oxygens (including phenoxy) is 2. The molecule has 0 spiro atoms. The van der Waals surface area contributed by atoms with Crippen molar-refractivity contribution < 1.29 is 14.3 Å². The molecular weight excluding hydrogens is 340 g/mol. The molecule has 2 aromatic rings. The number of hydrogen-bond donors (Lipinski definition) is 1. The molecule has 1 saturated heterocycles. The Morgan fingerprint density at radius 3 is 2.81 bits per heavy atom. The maximum atomic E-state index is 12.6. The van der Waals surface area contributed by atoms with Crippen LogP contribution in [0.4, 0.5) is 11.4 Å². The molecular formula is C22H22N2O3. The first-order chi connectivity index (χ1) is 13.3. The van der Waals surface area contributed by atoms with Gasteiger partial charge in [0, 0.05) is 36.0 Å². The number of rotatable bonds is 5. The average Bonchev–Trinajstić information content (AvgIpc) is 3.02. The van der Waals surface area contributed by atoms with Crippen LogP contribution < -0.4 is 15.0 Å². The number of anilines is 2. The van der Waals surface area contributed by atoms with Crippen LogP contribution in [0.15, 0.2) is 55.1 Å². The summed E-state index contributed by atoms with van der Waals surface area (Å²) < 4.78 is 11.0. The minimum Gasteiger partial charge on any atom is -0.489 e. The summed E-state index contributed by atoms with van der Waals surface area (Å²) in [6, 6.07) is 13.8. The van der Waals surface area contributed by atoms with Gasteiger partial charge in [-0.3, -0.25) is 4.79 Å². The van der Waals surface area contributed by atoms with Gasteiger partial charge in [0.1, 0.15) is 12.4 Å². The summed E-state index contributed by atoms with van der Waals surface area (Å²) in [7, 11) is 0. The zero-order valence-electron chi connectivity index (χ0n) is 15.1. The topological polar surface area (TPSA) is 50.8 Å². The highest BCUT2D eigenvalue weighted by molar-refractivity contribution is 6.35. The molecule has 2 heterocycles. The Balaban J connectivity index is 1.68. The van der Waals surface area contributed by atoms with E-state index in [0.717, 1.165) is 48.8 Å². The normalized spacial score (nSPS) is 17.6. The lowest BCUT2D eigenvalue weighted by Crippen LogP contribution is -2.36. The van der Waals surface area contributed by atoms with Crippen molar-refractivity contribution in [3.63, 3.8) is 0 Å². The summed E-state index contributed by atoms with van der Waals surface area (Å²) in [4.78, 5) is 14.9. The first-order valence-corrected chi connectivity index (χ1v) is 9.09. The van der Waals surface area contributed by atoms with Crippen molar-refractivity contribution in [1.29, 1.82) is 0 Å². The number of fused-ring (bicyclic) bond motifs is 1. The summed E-state index contributed by atoms with van der Waals surface area (Å²) in [5, 5.41) is 2.94. The van der Waals surface area contributed by atoms with Crippen molar-refractivity contribution in [2.45, 2.75) is 0 Å². The molecule has 0 bridgehead atoms. The van der Waals surface area contributed by atoms with Gasteiger partial charge >= 0.3 is 0 Å². The van der Waals surface area contributed by atoms with Gasteiger partial charge in [-0.25, -0.2) is 0 Å². The number of hydrogen-bond acceptors (Lipinski definition) is 4. The highest BCUT2D eigenvalue weighted by Gasteiger charge is 2.25. The van der Waals surface area contributed by atoms with Gasteiger partial charge < -0.3 is 19.7 Å². The first kappa shape index (κ1) is 17.4. The smallest absolute Gasteiger partial charge is 0.256 e. The minimum absolute atomic E-state index is 0.0948. The molecule has 1 fully saturated rings. The molecule has 0 aromatic heterocycles. The maximum absolute atomic E-state index is 12.6. The number of morpholine rings is 1. The molecule has 0 saturated carbocycles. The van der Waals surface area contributed by atoms with Gasteiger partial charge in [0.2, 0.25) is 0 Å². The minimum atomic E-state index is -0.0948. The number of para-hydroxylation sites is 1. The zero-order valence-corrected chi connectivity index (χ0v) is 15.1. The molecule has 27 heavy (non-hydrogen) atoms. The van der Waals surface area contributed by atoms with Crippen molar-refractivity contribution in [2.75, 3.05) is 43.1 Å². The lowest BCUT2D eigenvalue weighted by molar-refractivity contribution is -0.110. The Morgan fingerprint density at radius 1 is 1.19 bits per heavy atom. The van der Waals surface area contributed by atoms with Crippen molar-refractivity contribution in [1.82, 2.24) is 0 Å². The SMILES string of the molecule is C=CCOc1ccc2c(c1)NC(=O)C2=Cc1ccccc1N1CCOCC1. The van der Waals surface area contributed by atoms with Crippen LogP contribution in [0.25, 0.3) is 11.6 Å². The largest absolute Gasteiger partial charge is 0.489 e. The van der Waals surface area contributed by atoms with Gasteiger partial charge in [-0.2, -0.15) is 0 Å². The number of carbonyl (C=O) groups excluding carboxylic acids is 1. The van der Waals surface area contributed by atoms with Crippen LogP contribution in [0.2, 0.25) is 0 Å². The van der Waals surface area contributed by atoms with Crippen LogP contribution in [0.3, 0.4) is 0 Å². The number of nitrogens with one attached hydrogen (secondary N) is 1. The first-order valence-electron chi connectivity index (χ1n) is 9.09. The van der Waals surface area contributed by atoms with E-state index in [9.17, 15) is 4.79 Å². The van der Waals surface area contributed by atoms with Crippen molar-refractivity contribution in [3.8, 4) is 5.75 Å². The highest BCUT2D eigenvalue weighted by atomic mass is 16.5. The Labute approximate surface area is 158 Å². The molecule has 1 amide bonds. The number of benzene rings is 2. The van der Waals surface area contributed by atoms with Gasteiger partial charge in [-0.05, 0) is 29.8 Å². The summed E-state index contributed by atoms with van der Waals surface area (Å²) in [6.07, 6.45) is 3.66. The van der Waals surface area contributed by atoms with E-state index in [0.29, 0.717) is 17.9 Å². The third kappa shape index (κ3) is 3.59. The van der Waals surface area contributed by atoms with Crippen molar-refractivity contribution >= 4 is 28.9 Å². The molecule has 2 aromatic carbocycles. The van der Waals surface area contributed by atoms with Gasteiger partial charge in [-0.15, -0.1) is 0 Å². The van der Waals surface area contributed by atoms with Crippen molar-refractivity contribution in [3.05, 3.63) is 66.2 Å². The molecule has 1 N–H and O–H groups in total. The zero-order chi connectivity index (χ0) is 18.6. The molecule has 0 unspecified atom stereocenters. The second kappa shape index (κ2) is 7.68. The van der Waals surface area contributed by atoms with E-state index < -0.39 is 0 Å². The van der Waals surface area contributed by atoms with Gasteiger partial charge in [0.05, 0.1) is 18.9 Å². The predicted octanol–water partition coefficient (Wildman–Crippen LogP) is 3.58. The third-order valence-corrected chi connectivity index (χ3v) is 4.73. The van der Waals surface area contributed by atoms with Crippen LogP contribution in [0.1, 0.15) is 11.1 Å². The van der Waals surface area contributed by atoms with E-state index in [2.05, 4.69) is 22.9 Å². The Morgan fingerprint density at radius 2 is 2.00 bits per heavy atom. The predicted molar refractivity (Wildman–Crippen MR) is 108 cm³/mol. The van der Waals surface area contributed by atoms with Crippen LogP contribution in [0.5, 0.6) is 5.75 Å². The average molecular weight is 362 g/mol. The fourth-order valence-corrected chi connectivity index (χ4v) is 3.42. The molecule has 5 nitrogen and oxygen atoms in total. The van der Waals surface area contributed by atoms with Crippen LogP contribution in [-0.2, 0) is 9.53 Å². The maximum Gasteiger partial charge on any atom is 0.256 e. The standard InChI is InChI=1S/C22H22N2O3/c1-2-11-27-17-7-8-18-19(22(25)23-20(18)15-17)14-16-5-3-4-6-21(16)24-9-12-26-13-10-24/h2-8,14-15H,1,9-13H2,(H,23,25). The van der Waals surface area contributed by atoms with Crippen LogP contribution in [-0.4, -0.2) is 38.8 Å². The van der Waals surface area contributed by atoms with Gasteiger partial charge in [0.15, 0.2) is 0 Å². The summed E-state index contributed by atoms with van der Waals surface area (Å²) >= 11 is 0. The van der Waals surface area contributed by atoms with Gasteiger partial charge in [-0.1, -0.05) is 30.9 Å². The Hall–Kier alpha value is -3.05. The quantitative estimate of drug-likeness (QED) is 0.652. The molecule has 0 aliphatic carbocycles. The van der Waals surface area contributed by atoms with E-state index in [1.807, 2.05) is 42.5 Å². The fourth-order valence-electron chi connectivity index (χ4n) is 3.42. The lowest BCUT2D eigenvalue weighted by Gasteiger charge is -2.30. The van der Waals surface area contributed by atoms with E-state index in [-0.39, 0.29) is 5.91 Å². The van der Waals surface area contributed by atoms with Crippen LogP contribution in [0, 0.1) is 0 Å². The van der Waals surface area contributed by atoms with E-state index in [1.54, 1.807) is 6.08 Å². The van der Waals surface area contributed by atoms with Crippen molar-refractivity contribution in [2.24, 2.45) is 0 Å². The molecule has 2 aliphatic rings. The van der Waals surface area contributed by atoms with E-state index in [1.165, 1.54) is 0 Å². The molecule has 0 radical (unpaired) electrons. The Kier molecular flexibility index (Phi) is 4.94. The second-order valence-electron chi connectivity index (χ2n) is 6.48. The second-order valence-corrected chi connectivity index (χ2v) is 6.48. The lowest BCUT2D eigenvalue weighted by atomic mass is 10.0. The van der Waals surface area contributed by atoms with Gasteiger partial charge in [0.25, 0.3) is 5.91 Å². The summed E-state index contributed by atoms with van der Waals surface area (Å²) in [6.45, 7) is 7.24. The Bertz CT molecular complexity index is 898.